The molecule has 2 rings (SSSR count). The molecule has 0 fully saturated rings. The second-order valence-electron chi connectivity index (χ2n) is 4.02. The van der Waals surface area contributed by atoms with Crippen LogP contribution in [0, 0.1) is 5.82 Å². The van der Waals surface area contributed by atoms with E-state index in [1.54, 1.807) is 6.07 Å². The van der Waals surface area contributed by atoms with Gasteiger partial charge in [0.1, 0.15) is 11.6 Å². The predicted molar refractivity (Wildman–Crippen MR) is 74.7 cm³/mol. The summed E-state index contributed by atoms with van der Waals surface area (Å²) in [6.45, 7) is 0.639. The summed E-state index contributed by atoms with van der Waals surface area (Å²) in [6.07, 6.45) is 0.543. The molecular weight excluding hydrogens is 347 g/mol. The van der Waals surface area contributed by atoms with Gasteiger partial charge in [0.05, 0.1) is 23.8 Å². The SMILES string of the molecule is NC(=O)c1cc(OCCCOc2cc(F)ccc2Br)no1. The number of nitrogens with two attached hydrogens (primary N) is 1. The number of benzene rings is 1. The first-order valence-corrected chi connectivity index (χ1v) is 6.83. The smallest absolute Gasteiger partial charge is 0.287 e. The molecule has 0 saturated heterocycles. The molecule has 0 spiro atoms. The summed E-state index contributed by atoms with van der Waals surface area (Å²) in [5, 5.41) is 3.52. The van der Waals surface area contributed by atoms with Crippen LogP contribution >= 0.6 is 15.9 Å². The summed E-state index contributed by atoms with van der Waals surface area (Å²) < 4.78 is 29.0. The van der Waals surface area contributed by atoms with E-state index in [9.17, 15) is 9.18 Å². The summed E-state index contributed by atoms with van der Waals surface area (Å²) >= 11 is 3.26. The molecular formula is C13H12BrFN2O4. The minimum absolute atomic E-state index is 0.0649. The monoisotopic (exact) mass is 358 g/mol. The van der Waals surface area contributed by atoms with Crippen molar-refractivity contribution < 1.29 is 23.2 Å². The fraction of sp³-hybridized carbons (Fsp3) is 0.231. The van der Waals surface area contributed by atoms with Crippen LogP contribution in [0.2, 0.25) is 0 Å². The number of primary amides is 1. The van der Waals surface area contributed by atoms with Gasteiger partial charge in [-0.15, -0.1) is 0 Å². The maximum Gasteiger partial charge on any atom is 0.287 e. The van der Waals surface area contributed by atoms with Crippen molar-refractivity contribution in [1.29, 1.82) is 0 Å². The lowest BCUT2D eigenvalue weighted by Crippen LogP contribution is -2.09. The Balaban J connectivity index is 1.72. The summed E-state index contributed by atoms with van der Waals surface area (Å²) in [4.78, 5) is 10.8. The Morgan fingerprint density at radius 3 is 2.81 bits per heavy atom. The van der Waals surface area contributed by atoms with E-state index in [2.05, 4.69) is 25.6 Å². The van der Waals surface area contributed by atoms with E-state index in [4.69, 9.17) is 15.2 Å². The highest BCUT2D eigenvalue weighted by atomic mass is 79.9. The molecule has 112 valence electrons. The number of rotatable bonds is 7. The zero-order valence-corrected chi connectivity index (χ0v) is 12.4. The molecule has 21 heavy (non-hydrogen) atoms. The Morgan fingerprint density at radius 2 is 2.10 bits per heavy atom. The lowest BCUT2D eigenvalue weighted by molar-refractivity contribution is 0.0964. The summed E-state index contributed by atoms with van der Waals surface area (Å²) in [5.41, 5.74) is 5.01. The van der Waals surface area contributed by atoms with Gasteiger partial charge in [0.15, 0.2) is 0 Å². The summed E-state index contributed by atoms with van der Waals surface area (Å²) in [5.74, 6) is -0.546. The maximum absolute atomic E-state index is 13.0. The van der Waals surface area contributed by atoms with Crippen LogP contribution in [0.4, 0.5) is 4.39 Å². The van der Waals surface area contributed by atoms with E-state index in [1.807, 2.05) is 0 Å². The highest BCUT2D eigenvalue weighted by molar-refractivity contribution is 9.10. The molecule has 0 atom stereocenters. The molecule has 1 aromatic carbocycles. The Bertz CT molecular complexity index is 632. The van der Waals surface area contributed by atoms with Crippen molar-refractivity contribution in [1.82, 2.24) is 5.16 Å². The fourth-order valence-electron chi connectivity index (χ4n) is 1.45. The molecule has 1 amide bonds. The predicted octanol–water partition coefficient (Wildman–Crippen LogP) is 2.52. The lowest BCUT2D eigenvalue weighted by atomic mass is 10.3. The zero-order chi connectivity index (χ0) is 15.2. The van der Waals surface area contributed by atoms with E-state index in [1.165, 1.54) is 18.2 Å². The third-order valence-electron chi connectivity index (χ3n) is 2.42. The molecule has 0 radical (unpaired) electrons. The van der Waals surface area contributed by atoms with E-state index in [0.29, 0.717) is 29.9 Å². The Morgan fingerprint density at radius 1 is 1.33 bits per heavy atom. The first kappa shape index (κ1) is 15.3. The van der Waals surface area contributed by atoms with Crippen molar-refractivity contribution in [2.45, 2.75) is 6.42 Å². The summed E-state index contributed by atoms with van der Waals surface area (Å²) in [6, 6.07) is 5.51. The van der Waals surface area contributed by atoms with Gasteiger partial charge in [0.2, 0.25) is 5.76 Å². The Kier molecular flexibility index (Phi) is 5.15. The Hall–Kier alpha value is -2.09. The minimum Gasteiger partial charge on any atom is -0.492 e. The molecule has 0 saturated carbocycles. The van der Waals surface area contributed by atoms with Crippen molar-refractivity contribution in [2.24, 2.45) is 5.73 Å². The molecule has 2 N–H and O–H groups in total. The molecule has 0 aliphatic carbocycles. The van der Waals surface area contributed by atoms with Crippen LogP contribution in [0.3, 0.4) is 0 Å². The van der Waals surface area contributed by atoms with Gasteiger partial charge in [-0.25, -0.2) is 4.39 Å². The topological polar surface area (TPSA) is 87.6 Å². The van der Waals surface area contributed by atoms with Crippen molar-refractivity contribution >= 4 is 21.8 Å². The van der Waals surface area contributed by atoms with Crippen LogP contribution in [-0.2, 0) is 0 Å². The second-order valence-corrected chi connectivity index (χ2v) is 4.87. The van der Waals surface area contributed by atoms with Gasteiger partial charge in [-0.2, -0.15) is 0 Å². The normalized spacial score (nSPS) is 10.4. The van der Waals surface area contributed by atoms with Gasteiger partial charge in [-0.05, 0) is 33.2 Å². The molecule has 0 aliphatic rings. The number of nitrogens with zero attached hydrogens (tertiary/aromatic N) is 1. The van der Waals surface area contributed by atoms with Gasteiger partial charge >= 0.3 is 0 Å². The van der Waals surface area contributed by atoms with E-state index in [0.717, 1.165) is 0 Å². The quantitative estimate of drug-likeness (QED) is 0.768. The van der Waals surface area contributed by atoms with Crippen molar-refractivity contribution in [2.75, 3.05) is 13.2 Å². The highest BCUT2D eigenvalue weighted by Crippen LogP contribution is 2.25. The maximum atomic E-state index is 13.0. The van der Waals surface area contributed by atoms with Gasteiger partial charge in [0.25, 0.3) is 11.8 Å². The van der Waals surface area contributed by atoms with Gasteiger partial charge in [-0.3, -0.25) is 4.79 Å². The van der Waals surface area contributed by atoms with Crippen LogP contribution in [0.25, 0.3) is 0 Å². The third-order valence-corrected chi connectivity index (χ3v) is 3.08. The van der Waals surface area contributed by atoms with Crippen LogP contribution in [-0.4, -0.2) is 24.3 Å². The second kappa shape index (κ2) is 7.07. The number of carbonyl (C=O) groups excluding carboxylic acids is 1. The highest BCUT2D eigenvalue weighted by Gasteiger charge is 2.09. The van der Waals surface area contributed by atoms with Crippen LogP contribution in [0.5, 0.6) is 11.6 Å². The fourth-order valence-corrected chi connectivity index (χ4v) is 1.81. The Labute approximate surface area is 128 Å². The molecule has 0 unspecified atom stereocenters. The molecule has 8 heteroatoms. The molecule has 0 bridgehead atoms. The molecule has 2 aromatic rings. The number of halogens is 2. The van der Waals surface area contributed by atoms with Crippen LogP contribution in [0.1, 0.15) is 17.0 Å². The number of amides is 1. The number of hydrogen-bond donors (Lipinski definition) is 1. The minimum atomic E-state index is -0.711. The zero-order valence-electron chi connectivity index (χ0n) is 10.8. The van der Waals surface area contributed by atoms with Gasteiger partial charge in [0, 0.05) is 12.5 Å². The molecule has 1 heterocycles. The van der Waals surface area contributed by atoms with Crippen LogP contribution < -0.4 is 15.2 Å². The molecule has 1 aromatic heterocycles. The third kappa shape index (κ3) is 4.45. The van der Waals surface area contributed by atoms with Crippen molar-refractivity contribution in [3.8, 4) is 11.6 Å². The first-order chi connectivity index (χ1) is 10.1. The van der Waals surface area contributed by atoms with Crippen molar-refractivity contribution in [3.05, 3.63) is 40.3 Å². The van der Waals surface area contributed by atoms with Crippen molar-refractivity contribution in [3.63, 3.8) is 0 Å². The summed E-state index contributed by atoms with van der Waals surface area (Å²) in [7, 11) is 0. The van der Waals surface area contributed by atoms with Gasteiger partial charge < -0.3 is 19.7 Å². The van der Waals surface area contributed by atoms with Gasteiger partial charge in [-0.1, -0.05) is 0 Å². The number of aromatic nitrogens is 1. The van der Waals surface area contributed by atoms with E-state index >= 15 is 0 Å². The number of carbonyl (C=O) groups is 1. The molecule has 6 nitrogen and oxygen atoms in total. The van der Waals surface area contributed by atoms with E-state index < -0.39 is 5.91 Å². The standard InChI is InChI=1S/C13H12BrFN2O4/c14-9-3-2-8(15)6-10(9)19-4-1-5-20-12-7-11(13(16)18)21-17-12/h2-3,6-7H,1,4-5H2,(H2,16,18). The lowest BCUT2D eigenvalue weighted by Gasteiger charge is -2.08. The van der Waals surface area contributed by atoms with E-state index in [-0.39, 0.29) is 17.5 Å². The number of hydrogen-bond acceptors (Lipinski definition) is 5. The first-order valence-electron chi connectivity index (χ1n) is 6.03. The molecule has 0 aliphatic heterocycles. The van der Waals surface area contributed by atoms with Crippen LogP contribution in [0.15, 0.2) is 33.3 Å². The largest absolute Gasteiger partial charge is 0.492 e. The average molecular weight is 359 g/mol. The number of ether oxygens (including phenoxy) is 2. The average Bonchev–Trinajstić information content (AvgIpc) is 2.91.